The molecule has 0 saturated heterocycles. The molecule has 0 aliphatic rings. The normalized spacial score (nSPS) is 11.8. The Kier molecular flexibility index (Phi) is 3.93. The van der Waals surface area contributed by atoms with Crippen molar-refractivity contribution in [1.29, 1.82) is 0 Å². The molecule has 16 heavy (non-hydrogen) atoms. The second kappa shape index (κ2) is 4.84. The van der Waals surface area contributed by atoms with Crippen LogP contribution in [0.2, 0.25) is 0 Å². The zero-order chi connectivity index (χ0) is 12.3. The van der Waals surface area contributed by atoms with Gasteiger partial charge >= 0.3 is 10.2 Å². The molecule has 0 radical (unpaired) electrons. The third-order valence-corrected chi connectivity index (χ3v) is 4.27. The molecular formula is C11H18N2O2S. The average molecular weight is 242 g/mol. The highest BCUT2D eigenvalue weighted by molar-refractivity contribution is 7.90. The molecular weight excluding hydrogens is 224 g/mol. The first-order valence-corrected chi connectivity index (χ1v) is 6.56. The van der Waals surface area contributed by atoms with Crippen LogP contribution in [0.15, 0.2) is 24.3 Å². The molecule has 0 fully saturated rings. The zero-order valence-corrected chi connectivity index (χ0v) is 11.0. The highest BCUT2D eigenvalue weighted by Crippen LogP contribution is 2.19. The van der Waals surface area contributed by atoms with E-state index in [1.54, 1.807) is 6.07 Å². The lowest BCUT2D eigenvalue weighted by Gasteiger charge is -2.26. The molecule has 0 aromatic heterocycles. The molecule has 0 heterocycles. The van der Waals surface area contributed by atoms with E-state index in [2.05, 4.69) is 0 Å². The molecule has 5 heteroatoms. The number of rotatable bonds is 4. The number of hydrogen-bond donors (Lipinski definition) is 0. The molecule has 4 nitrogen and oxygen atoms in total. The predicted octanol–water partition coefficient (Wildman–Crippen LogP) is 1.63. The van der Waals surface area contributed by atoms with Crippen LogP contribution in [0.4, 0.5) is 5.69 Å². The fraction of sp³-hybridized carbons (Fsp3) is 0.455. The van der Waals surface area contributed by atoms with Crippen LogP contribution in [0.25, 0.3) is 0 Å². The van der Waals surface area contributed by atoms with Crippen LogP contribution in [0, 0.1) is 6.92 Å². The van der Waals surface area contributed by atoms with Crippen molar-refractivity contribution in [3.63, 3.8) is 0 Å². The van der Waals surface area contributed by atoms with Crippen LogP contribution >= 0.6 is 0 Å². The van der Waals surface area contributed by atoms with Crippen LogP contribution in [-0.4, -0.2) is 33.4 Å². The third kappa shape index (κ3) is 2.54. The first kappa shape index (κ1) is 13.0. The topological polar surface area (TPSA) is 40.6 Å². The Labute approximate surface area is 97.7 Å². The Balaban J connectivity index is 3.19. The maximum absolute atomic E-state index is 12.0. The Hall–Kier alpha value is -1.07. The summed E-state index contributed by atoms with van der Waals surface area (Å²) < 4.78 is 26.7. The second-order valence-electron chi connectivity index (χ2n) is 3.79. The van der Waals surface area contributed by atoms with E-state index in [0.717, 1.165) is 5.56 Å². The molecule has 0 unspecified atom stereocenters. The number of hydrogen-bond acceptors (Lipinski definition) is 2. The van der Waals surface area contributed by atoms with Gasteiger partial charge in [0, 0.05) is 20.6 Å². The van der Waals surface area contributed by atoms with E-state index in [9.17, 15) is 8.42 Å². The van der Waals surface area contributed by atoms with Gasteiger partial charge in [0.1, 0.15) is 0 Å². The summed E-state index contributed by atoms with van der Waals surface area (Å²) in [7, 11) is -0.321. The smallest absolute Gasteiger partial charge is 0.258 e. The molecule has 0 saturated carbocycles. The van der Waals surface area contributed by atoms with E-state index in [1.807, 2.05) is 32.0 Å². The summed E-state index contributed by atoms with van der Waals surface area (Å²) >= 11 is 0. The van der Waals surface area contributed by atoms with Crippen molar-refractivity contribution in [1.82, 2.24) is 4.31 Å². The largest absolute Gasteiger partial charge is 0.303 e. The summed E-state index contributed by atoms with van der Waals surface area (Å²) in [6, 6.07) is 7.47. The van der Waals surface area contributed by atoms with Gasteiger partial charge in [-0.2, -0.15) is 12.7 Å². The van der Waals surface area contributed by atoms with Gasteiger partial charge in [-0.3, -0.25) is 4.31 Å². The molecule has 1 aromatic carbocycles. The molecule has 0 N–H and O–H groups in total. The SMILES string of the molecule is CCN(c1cccc(C)c1)S(=O)(=O)N(C)C. The number of anilines is 1. The van der Waals surface area contributed by atoms with Crippen molar-refractivity contribution in [2.24, 2.45) is 0 Å². The van der Waals surface area contributed by atoms with Crippen LogP contribution in [0.3, 0.4) is 0 Å². The number of benzene rings is 1. The fourth-order valence-corrected chi connectivity index (χ4v) is 2.56. The second-order valence-corrected chi connectivity index (χ2v) is 5.86. The van der Waals surface area contributed by atoms with Crippen molar-refractivity contribution in [3.05, 3.63) is 29.8 Å². The van der Waals surface area contributed by atoms with Crippen LogP contribution in [-0.2, 0) is 10.2 Å². The lowest BCUT2D eigenvalue weighted by molar-refractivity contribution is 0.516. The van der Waals surface area contributed by atoms with E-state index in [0.29, 0.717) is 12.2 Å². The Morgan fingerprint density at radius 3 is 2.31 bits per heavy atom. The van der Waals surface area contributed by atoms with Crippen molar-refractivity contribution >= 4 is 15.9 Å². The average Bonchev–Trinajstić information content (AvgIpc) is 2.18. The summed E-state index contributed by atoms with van der Waals surface area (Å²) in [5.41, 5.74) is 1.75. The monoisotopic (exact) mass is 242 g/mol. The lowest BCUT2D eigenvalue weighted by Crippen LogP contribution is -2.40. The van der Waals surface area contributed by atoms with Gasteiger partial charge < -0.3 is 0 Å². The van der Waals surface area contributed by atoms with Gasteiger partial charge in [0.15, 0.2) is 0 Å². The van der Waals surface area contributed by atoms with Gasteiger partial charge in [-0.15, -0.1) is 0 Å². The molecule has 1 aromatic rings. The van der Waals surface area contributed by atoms with Crippen LogP contribution < -0.4 is 4.31 Å². The van der Waals surface area contributed by atoms with Gasteiger partial charge in [-0.05, 0) is 31.5 Å². The lowest BCUT2D eigenvalue weighted by atomic mass is 10.2. The van der Waals surface area contributed by atoms with E-state index < -0.39 is 10.2 Å². The zero-order valence-electron chi connectivity index (χ0n) is 10.1. The highest BCUT2D eigenvalue weighted by atomic mass is 32.2. The summed E-state index contributed by atoms with van der Waals surface area (Å²) in [6.07, 6.45) is 0. The van der Waals surface area contributed by atoms with E-state index >= 15 is 0 Å². The fourth-order valence-electron chi connectivity index (χ4n) is 1.46. The molecule has 0 atom stereocenters. The standard InChI is InChI=1S/C11H18N2O2S/c1-5-13(16(14,15)12(3)4)11-8-6-7-10(2)9-11/h6-9H,5H2,1-4H3. The summed E-state index contributed by atoms with van der Waals surface area (Å²) in [6.45, 7) is 4.19. The summed E-state index contributed by atoms with van der Waals surface area (Å²) in [5.74, 6) is 0. The van der Waals surface area contributed by atoms with Gasteiger partial charge in [0.05, 0.1) is 5.69 Å². The molecule has 0 aliphatic heterocycles. The third-order valence-electron chi connectivity index (χ3n) is 2.32. The quantitative estimate of drug-likeness (QED) is 0.805. The van der Waals surface area contributed by atoms with Gasteiger partial charge in [-0.25, -0.2) is 0 Å². The minimum atomic E-state index is -3.39. The first-order valence-electron chi connectivity index (χ1n) is 5.16. The minimum Gasteiger partial charge on any atom is -0.258 e. The Morgan fingerprint density at radius 2 is 1.88 bits per heavy atom. The summed E-state index contributed by atoms with van der Waals surface area (Å²) in [4.78, 5) is 0. The molecule has 0 amide bonds. The minimum absolute atomic E-state index is 0.421. The van der Waals surface area contributed by atoms with Crippen LogP contribution in [0.5, 0.6) is 0 Å². The Bertz CT molecular complexity index is 455. The van der Waals surface area contributed by atoms with Crippen molar-refractivity contribution in [2.75, 3.05) is 24.9 Å². The van der Waals surface area contributed by atoms with Gasteiger partial charge in [0.2, 0.25) is 0 Å². The van der Waals surface area contributed by atoms with E-state index in [4.69, 9.17) is 0 Å². The summed E-state index contributed by atoms with van der Waals surface area (Å²) in [5, 5.41) is 0. The Morgan fingerprint density at radius 1 is 1.25 bits per heavy atom. The van der Waals surface area contributed by atoms with Gasteiger partial charge in [0.25, 0.3) is 0 Å². The van der Waals surface area contributed by atoms with Crippen molar-refractivity contribution < 1.29 is 8.42 Å². The molecule has 90 valence electrons. The first-order chi connectivity index (χ1) is 7.39. The van der Waals surface area contributed by atoms with E-state index in [1.165, 1.54) is 22.7 Å². The number of nitrogens with zero attached hydrogens (tertiary/aromatic N) is 2. The number of aryl methyl sites for hydroxylation is 1. The highest BCUT2D eigenvalue weighted by Gasteiger charge is 2.23. The van der Waals surface area contributed by atoms with Crippen LogP contribution in [0.1, 0.15) is 12.5 Å². The van der Waals surface area contributed by atoms with Crippen molar-refractivity contribution in [3.8, 4) is 0 Å². The van der Waals surface area contributed by atoms with Gasteiger partial charge in [-0.1, -0.05) is 12.1 Å². The molecule has 0 aliphatic carbocycles. The maximum Gasteiger partial charge on any atom is 0.303 e. The molecule has 1 rings (SSSR count). The van der Waals surface area contributed by atoms with E-state index in [-0.39, 0.29) is 0 Å². The maximum atomic E-state index is 12.0. The predicted molar refractivity (Wildman–Crippen MR) is 66.8 cm³/mol. The van der Waals surface area contributed by atoms with Crippen molar-refractivity contribution in [2.45, 2.75) is 13.8 Å². The molecule has 0 spiro atoms. The molecule has 0 bridgehead atoms.